The second-order valence-corrected chi connectivity index (χ2v) is 4.11. The summed E-state index contributed by atoms with van der Waals surface area (Å²) in [6.07, 6.45) is 1.51. The van der Waals surface area contributed by atoms with E-state index < -0.39 is 0 Å². The van der Waals surface area contributed by atoms with E-state index in [-0.39, 0.29) is 18.0 Å². The number of nitrogens with two attached hydrogens (primary N) is 1. The average Bonchev–Trinajstić information content (AvgIpc) is 2.45. The Kier molecular flexibility index (Phi) is 3.34. The molecule has 1 aromatic rings. The number of rotatable bonds is 3. The molecule has 1 aromatic heterocycles. The molecule has 0 saturated heterocycles. The number of hydrogen-bond acceptors (Lipinski definition) is 3. The van der Waals surface area contributed by atoms with Crippen LogP contribution in [0.2, 0.25) is 0 Å². The van der Waals surface area contributed by atoms with Crippen LogP contribution in [0.25, 0.3) is 0 Å². The van der Waals surface area contributed by atoms with Gasteiger partial charge in [0.25, 0.3) is 5.91 Å². The molecule has 0 radical (unpaired) electrons. The van der Waals surface area contributed by atoms with E-state index in [2.05, 4.69) is 10.4 Å². The monoisotopic (exact) mass is 210 g/mol. The van der Waals surface area contributed by atoms with Gasteiger partial charge in [-0.2, -0.15) is 5.10 Å². The first-order valence-electron chi connectivity index (χ1n) is 5.07. The molecule has 0 saturated carbocycles. The Hall–Kier alpha value is -1.52. The van der Waals surface area contributed by atoms with E-state index in [0.29, 0.717) is 11.4 Å². The van der Waals surface area contributed by atoms with Gasteiger partial charge in [0, 0.05) is 12.1 Å². The van der Waals surface area contributed by atoms with Crippen molar-refractivity contribution >= 4 is 11.6 Å². The number of nitrogens with one attached hydrogen (secondary N) is 1. The Balaban J connectivity index is 3.01. The molecule has 1 amide bonds. The van der Waals surface area contributed by atoms with Crippen molar-refractivity contribution in [2.45, 2.75) is 39.8 Å². The summed E-state index contributed by atoms with van der Waals surface area (Å²) in [4.78, 5) is 11.8. The van der Waals surface area contributed by atoms with Crippen molar-refractivity contribution in [3.8, 4) is 0 Å². The summed E-state index contributed by atoms with van der Waals surface area (Å²) in [6.45, 7) is 7.73. The van der Waals surface area contributed by atoms with Crippen LogP contribution in [0.3, 0.4) is 0 Å². The highest BCUT2D eigenvalue weighted by Crippen LogP contribution is 2.15. The van der Waals surface area contributed by atoms with Gasteiger partial charge in [0.15, 0.2) is 0 Å². The molecule has 0 aliphatic heterocycles. The minimum absolute atomic E-state index is 0.0902. The molecule has 15 heavy (non-hydrogen) atoms. The number of carbonyl (C=O) groups excluding carboxylic acids is 1. The Labute approximate surface area is 89.6 Å². The highest BCUT2D eigenvalue weighted by atomic mass is 16.2. The SMILES string of the molecule is CC(C)NC(=O)c1c(N)cnn1C(C)C. The van der Waals surface area contributed by atoms with Gasteiger partial charge < -0.3 is 11.1 Å². The summed E-state index contributed by atoms with van der Waals surface area (Å²) in [6, 6.07) is 0.211. The van der Waals surface area contributed by atoms with Gasteiger partial charge in [-0.1, -0.05) is 0 Å². The lowest BCUT2D eigenvalue weighted by Crippen LogP contribution is -2.32. The summed E-state index contributed by atoms with van der Waals surface area (Å²) in [5.74, 6) is -0.172. The lowest BCUT2D eigenvalue weighted by Gasteiger charge is -2.13. The summed E-state index contributed by atoms with van der Waals surface area (Å²) >= 11 is 0. The molecule has 0 atom stereocenters. The van der Waals surface area contributed by atoms with E-state index in [1.807, 2.05) is 27.7 Å². The number of nitrogens with zero attached hydrogens (tertiary/aromatic N) is 2. The second-order valence-electron chi connectivity index (χ2n) is 4.11. The van der Waals surface area contributed by atoms with Crippen molar-refractivity contribution in [3.63, 3.8) is 0 Å². The van der Waals surface area contributed by atoms with E-state index in [0.717, 1.165) is 0 Å². The van der Waals surface area contributed by atoms with Crippen molar-refractivity contribution in [1.29, 1.82) is 0 Å². The van der Waals surface area contributed by atoms with Crippen LogP contribution < -0.4 is 11.1 Å². The number of hydrogen-bond donors (Lipinski definition) is 2. The molecular formula is C10H18N4O. The third-order valence-electron chi connectivity index (χ3n) is 1.95. The fourth-order valence-corrected chi connectivity index (χ4v) is 1.33. The first-order valence-corrected chi connectivity index (χ1v) is 5.07. The molecule has 3 N–H and O–H groups in total. The summed E-state index contributed by atoms with van der Waals surface area (Å²) < 4.78 is 1.63. The van der Waals surface area contributed by atoms with Crippen LogP contribution in [0.1, 0.15) is 44.2 Å². The van der Waals surface area contributed by atoms with Crippen molar-refractivity contribution < 1.29 is 4.79 Å². The molecule has 0 aromatic carbocycles. The van der Waals surface area contributed by atoms with Gasteiger partial charge in [0.05, 0.1) is 11.9 Å². The molecule has 0 aliphatic rings. The van der Waals surface area contributed by atoms with E-state index in [9.17, 15) is 4.79 Å². The van der Waals surface area contributed by atoms with Crippen LogP contribution in [0.5, 0.6) is 0 Å². The number of anilines is 1. The molecule has 0 aliphatic carbocycles. The van der Waals surface area contributed by atoms with Gasteiger partial charge in [0.1, 0.15) is 5.69 Å². The highest BCUT2D eigenvalue weighted by Gasteiger charge is 2.18. The zero-order valence-electron chi connectivity index (χ0n) is 9.61. The molecule has 5 nitrogen and oxygen atoms in total. The molecule has 84 valence electrons. The van der Waals surface area contributed by atoms with Gasteiger partial charge in [-0.3, -0.25) is 9.48 Å². The maximum atomic E-state index is 11.8. The molecule has 0 fully saturated rings. The maximum absolute atomic E-state index is 11.8. The van der Waals surface area contributed by atoms with Crippen LogP contribution in [-0.2, 0) is 0 Å². The third kappa shape index (κ3) is 2.49. The van der Waals surface area contributed by atoms with Crippen molar-refractivity contribution in [2.75, 3.05) is 5.73 Å². The molecule has 0 bridgehead atoms. The summed E-state index contributed by atoms with van der Waals surface area (Å²) in [7, 11) is 0. The molecule has 0 unspecified atom stereocenters. The van der Waals surface area contributed by atoms with Crippen molar-refractivity contribution in [2.24, 2.45) is 0 Å². The van der Waals surface area contributed by atoms with Gasteiger partial charge in [-0.25, -0.2) is 0 Å². The minimum atomic E-state index is -0.172. The average molecular weight is 210 g/mol. The van der Waals surface area contributed by atoms with Crippen LogP contribution in [0.4, 0.5) is 5.69 Å². The fourth-order valence-electron chi connectivity index (χ4n) is 1.33. The van der Waals surface area contributed by atoms with E-state index in [1.165, 1.54) is 6.20 Å². The molecule has 5 heteroatoms. The molecular weight excluding hydrogens is 192 g/mol. The topological polar surface area (TPSA) is 72.9 Å². The molecule has 1 rings (SSSR count). The Morgan fingerprint density at radius 1 is 1.47 bits per heavy atom. The Morgan fingerprint density at radius 2 is 2.07 bits per heavy atom. The van der Waals surface area contributed by atoms with E-state index in [4.69, 9.17) is 5.73 Å². The van der Waals surface area contributed by atoms with Gasteiger partial charge in [-0.15, -0.1) is 0 Å². The maximum Gasteiger partial charge on any atom is 0.271 e. The largest absolute Gasteiger partial charge is 0.396 e. The number of amides is 1. The quantitative estimate of drug-likeness (QED) is 0.787. The van der Waals surface area contributed by atoms with Crippen LogP contribution in [-0.4, -0.2) is 21.7 Å². The molecule has 1 heterocycles. The Morgan fingerprint density at radius 3 is 2.53 bits per heavy atom. The lowest BCUT2D eigenvalue weighted by molar-refractivity contribution is 0.0931. The highest BCUT2D eigenvalue weighted by molar-refractivity contribution is 5.97. The van der Waals surface area contributed by atoms with Gasteiger partial charge in [-0.05, 0) is 27.7 Å². The van der Waals surface area contributed by atoms with Crippen LogP contribution in [0.15, 0.2) is 6.20 Å². The summed E-state index contributed by atoms with van der Waals surface area (Å²) in [5, 5.41) is 6.88. The summed E-state index contributed by atoms with van der Waals surface area (Å²) in [5.41, 5.74) is 6.57. The van der Waals surface area contributed by atoms with Gasteiger partial charge in [0.2, 0.25) is 0 Å². The number of carbonyl (C=O) groups is 1. The normalized spacial score (nSPS) is 11.1. The standard InChI is InChI=1S/C10H18N4O/c1-6(2)13-10(15)9-8(11)5-12-14(9)7(3)4/h5-7H,11H2,1-4H3,(H,13,15). The van der Waals surface area contributed by atoms with E-state index >= 15 is 0 Å². The van der Waals surface area contributed by atoms with Crippen molar-refractivity contribution in [1.82, 2.24) is 15.1 Å². The van der Waals surface area contributed by atoms with Crippen LogP contribution in [0, 0.1) is 0 Å². The van der Waals surface area contributed by atoms with Gasteiger partial charge >= 0.3 is 0 Å². The Bertz CT molecular complexity index is 354. The third-order valence-corrected chi connectivity index (χ3v) is 1.95. The first kappa shape index (κ1) is 11.6. The van der Waals surface area contributed by atoms with E-state index in [1.54, 1.807) is 4.68 Å². The van der Waals surface area contributed by atoms with Crippen molar-refractivity contribution in [3.05, 3.63) is 11.9 Å². The smallest absolute Gasteiger partial charge is 0.271 e. The molecule has 0 spiro atoms. The fraction of sp³-hybridized carbons (Fsp3) is 0.600. The minimum Gasteiger partial charge on any atom is -0.396 e. The lowest BCUT2D eigenvalue weighted by atomic mass is 10.3. The van der Waals surface area contributed by atoms with Crippen LogP contribution >= 0.6 is 0 Å². The zero-order chi connectivity index (χ0) is 11.6. The second kappa shape index (κ2) is 4.33. The number of nitrogen functional groups attached to an aromatic ring is 1. The number of aromatic nitrogens is 2. The first-order chi connectivity index (χ1) is 6.93. The predicted molar refractivity (Wildman–Crippen MR) is 59.6 cm³/mol. The zero-order valence-corrected chi connectivity index (χ0v) is 9.61. The predicted octanol–water partition coefficient (Wildman–Crippen LogP) is 1.18.